The van der Waals surface area contributed by atoms with Crippen molar-refractivity contribution in [2.45, 2.75) is 34.4 Å². The van der Waals surface area contributed by atoms with E-state index in [1.54, 1.807) is 0 Å². The zero-order chi connectivity index (χ0) is 14.8. The highest BCUT2D eigenvalue weighted by atomic mass is 32.2. The number of thioether (sulfide) groups is 2. The van der Waals surface area contributed by atoms with E-state index in [1.165, 1.54) is 0 Å². The molecule has 0 rings (SSSR count). The molecule has 0 saturated heterocycles. The molecule has 0 nitrogen and oxygen atoms in total. The first-order chi connectivity index (χ1) is 7.62. The van der Waals surface area contributed by atoms with Crippen LogP contribution >= 0.6 is 23.5 Å². The van der Waals surface area contributed by atoms with E-state index in [0.717, 1.165) is 0 Å². The van der Waals surface area contributed by atoms with Crippen LogP contribution in [-0.4, -0.2) is 21.5 Å². The summed E-state index contributed by atoms with van der Waals surface area (Å²) in [4.78, 5) is 0. The molecule has 0 heterocycles. The minimum absolute atomic E-state index is 1.84. The zero-order valence-corrected chi connectivity index (χ0v) is 9.64. The van der Waals surface area contributed by atoms with Gasteiger partial charge in [0, 0.05) is 36.4 Å². The molecule has 0 radical (unpaired) electrons. The first-order valence-corrected chi connectivity index (χ1v) is 5.55. The van der Waals surface area contributed by atoms with Crippen molar-refractivity contribution < 1.29 is 43.9 Å². The molecule has 0 aliphatic rings. The molecule has 0 aromatic rings. The fourth-order valence-corrected chi connectivity index (χ4v) is 1.82. The van der Waals surface area contributed by atoms with Gasteiger partial charge in [0.1, 0.15) is 0 Å². The number of hydrogen-bond acceptors (Lipinski definition) is 2. The smallest absolute Gasteiger partial charge is 0.194 e. The summed E-state index contributed by atoms with van der Waals surface area (Å²) in [5, 5.41) is -9.21. The van der Waals surface area contributed by atoms with Crippen LogP contribution in [0.25, 0.3) is 0 Å². The van der Waals surface area contributed by atoms with E-state index >= 15 is 0 Å². The van der Waals surface area contributed by atoms with Crippen molar-refractivity contribution in [2.24, 2.45) is 0 Å². The molecule has 110 valence electrons. The molecular weight excluding hydrogens is 326 g/mol. The van der Waals surface area contributed by atoms with Crippen molar-refractivity contribution in [1.82, 2.24) is 0 Å². The van der Waals surface area contributed by atoms with Gasteiger partial charge >= 0.3 is 21.5 Å². The standard InChI is InChI=1S/C6H4F10S2/c7-3(8,17-5(11,12)13)1-2-4(9,10)18-6(14,15)16/h1-2H2. The average molecular weight is 330 g/mol. The van der Waals surface area contributed by atoms with Crippen molar-refractivity contribution in [2.75, 3.05) is 0 Å². The second-order valence-electron chi connectivity index (χ2n) is 2.87. The molecule has 0 N–H and O–H groups in total. The van der Waals surface area contributed by atoms with Gasteiger partial charge in [0.25, 0.3) is 0 Å². The molecule has 0 unspecified atom stereocenters. The maximum atomic E-state index is 12.5. The summed E-state index contributed by atoms with van der Waals surface area (Å²) in [5.74, 6) is 0. The second kappa shape index (κ2) is 5.55. The Morgan fingerprint density at radius 2 is 0.722 bits per heavy atom. The molecule has 12 heteroatoms. The summed E-state index contributed by atoms with van der Waals surface area (Å²) < 4.78 is 119. The van der Waals surface area contributed by atoms with Gasteiger partial charge in [0.05, 0.1) is 0 Å². The van der Waals surface area contributed by atoms with Gasteiger partial charge in [0.15, 0.2) is 0 Å². The number of halogens is 10. The lowest BCUT2D eigenvalue weighted by Crippen LogP contribution is -2.24. The van der Waals surface area contributed by atoms with Gasteiger partial charge in [-0.2, -0.15) is 43.9 Å². The fourth-order valence-electron chi connectivity index (χ4n) is 0.732. The van der Waals surface area contributed by atoms with E-state index in [-0.39, 0.29) is 0 Å². The second-order valence-corrected chi connectivity index (χ2v) is 5.40. The van der Waals surface area contributed by atoms with Crippen molar-refractivity contribution in [3.8, 4) is 0 Å². The van der Waals surface area contributed by atoms with Crippen molar-refractivity contribution in [3.05, 3.63) is 0 Å². The Labute approximate surface area is 102 Å². The van der Waals surface area contributed by atoms with E-state index in [1.807, 2.05) is 0 Å². The summed E-state index contributed by atoms with van der Waals surface area (Å²) in [6, 6.07) is 0. The maximum Gasteiger partial charge on any atom is 0.447 e. The Bertz CT molecular complexity index is 239. The van der Waals surface area contributed by atoms with Crippen LogP contribution in [0.4, 0.5) is 43.9 Å². The molecule has 0 spiro atoms. The number of rotatable bonds is 5. The molecule has 0 aliphatic heterocycles. The van der Waals surface area contributed by atoms with Crippen molar-refractivity contribution in [3.63, 3.8) is 0 Å². The topological polar surface area (TPSA) is 0 Å². The quantitative estimate of drug-likeness (QED) is 0.614. The zero-order valence-electron chi connectivity index (χ0n) is 8.01. The average Bonchev–Trinajstić information content (AvgIpc) is 1.91. The molecular formula is C6H4F10S2. The van der Waals surface area contributed by atoms with Gasteiger partial charge in [0.2, 0.25) is 0 Å². The molecule has 18 heavy (non-hydrogen) atoms. The molecule has 0 aromatic carbocycles. The third-order valence-electron chi connectivity index (χ3n) is 1.24. The first-order valence-electron chi connectivity index (χ1n) is 3.91. The third kappa shape index (κ3) is 9.97. The lowest BCUT2D eigenvalue weighted by Gasteiger charge is -2.21. The Hall–Kier alpha value is -0.000000000000000111. The molecule has 0 amide bonds. The highest BCUT2D eigenvalue weighted by Gasteiger charge is 2.49. The van der Waals surface area contributed by atoms with Gasteiger partial charge in [-0.15, -0.1) is 0 Å². The lowest BCUT2D eigenvalue weighted by molar-refractivity contribution is -0.0497. The van der Waals surface area contributed by atoms with Crippen LogP contribution in [0.2, 0.25) is 0 Å². The number of alkyl halides is 10. The van der Waals surface area contributed by atoms with Crippen LogP contribution in [0, 0.1) is 0 Å². The molecule has 0 aromatic heterocycles. The van der Waals surface area contributed by atoms with Crippen LogP contribution in [-0.2, 0) is 0 Å². The monoisotopic (exact) mass is 330 g/mol. The van der Waals surface area contributed by atoms with Gasteiger partial charge in [-0.05, 0) is 0 Å². The molecule has 0 fully saturated rings. The molecule has 0 atom stereocenters. The van der Waals surface area contributed by atoms with Crippen LogP contribution in [0.15, 0.2) is 0 Å². The Balaban J connectivity index is 4.38. The Morgan fingerprint density at radius 1 is 0.500 bits per heavy atom. The van der Waals surface area contributed by atoms with Gasteiger partial charge < -0.3 is 0 Å². The summed E-state index contributed by atoms with van der Waals surface area (Å²) in [5.41, 5.74) is -10.7. The van der Waals surface area contributed by atoms with E-state index in [2.05, 4.69) is 0 Å². The van der Waals surface area contributed by atoms with E-state index in [9.17, 15) is 43.9 Å². The van der Waals surface area contributed by atoms with Crippen LogP contribution in [0.5, 0.6) is 0 Å². The fraction of sp³-hybridized carbons (Fsp3) is 1.00. The highest BCUT2D eigenvalue weighted by molar-refractivity contribution is 8.01. The van der Waals surface area contributed by atoms with E-state index in [4.69, 9.17) is 0 Å². The Kier molecular flexibility index (Phi) is 5.55. The van der Waals surface area contributed by atoms with Crippen LogP contribution < -0.4 is 0 Å². The largest absolute Gasteiger partial charge is 0.447 e. The summed E-state index contributed by atoms with van der Waals surface area (Å²) in [6.45, 7) is 0. The lowest BCUT2D eigenvalue weighted by atomic mass is 10.3. The van der Waals surface area contributed by atoms with Gasteiger partial charge in [-0.3, -0.25) is 0 Å². The summed E-state index contributed by atoms with van der Waals surface area (Å²) in [7, 11) is 0. The predicted octanol–water partition coefficient (Wildman–Crippen LogP) is 5.46. The third-order valence-corrected chi connectivity index (χ3v) is 2.71. The maximum absolute atomic E-state index is 12.5. The molecule has 0 aliphatic carbocycles. The first kappa shape index (κ1) is 18.0. The number of hydrogen-bond donors (Lipinski definition) is 0. The minimum atomic E-state index is -5.37. The van der Waals surface area contributed by atoms with E-state index < -0.39 is 57.9 Å². The van der Waals surface area contributed by atoms with Crippen LogP contribution in [0.1, 0.15) is 12.8 Å². The minimum Gasteiger partial charge on any atom is -0.194 e. The summed E-state index contributed by atoms with van der Waals surface area (Å²) >= 11 is -3.68. The predicted molar refractivity (Wildman–Crippen MR) is 46.4 cm³/mol. The van der Waals surface area contributed by atoms with Crippen LogP contribution in [0.3, 0.4) is 0 Å². The van der Waals surface area contributed by atoms with Crippen molar-refractivity contribution in [1.29, 1.82) is 0 Å². The summed E-state index contributed by atoms with van der Waals surface area (Å²) in [6.07, 6.45) is -4.04. The highest BCUT2D eigenvalue weighted by Crippen LogP contribution is 2.50. The van der Waals surface area contributed by atoms with Gasteiger partial charge in [-0.1, -0.05) is 0 Å². The molecule has 0 saturated carbocycles. The Morgan fingerprint density at radius 3 is 0.889 bits per heavy atom. The van der Waals surface area contributed by atoms with Gasteiger partial charge in [-0.25, -0.2) is 0 Å². The SMILES string of the molecule is FC(F)(F)SC(F)(F)CCC(F)(F)SC(F)(F)F. The van der Waals surface area contributed by atoms with Crippen molar-refractivity contribution >= 4 is 23.5 Å². The normalized spacial score (nSPS) is 15.0. The molecule has 0 bridgehead atoms. The van der Waals surface area contributed by atoms with E-state index in [0.29, 0.717) is 0 Å².